The van der Waals surface area contributed by atoms with Gasteiger partial charge < -0.3 is 15.0 Å². The molecule has 3 rings (SSSR count). The van der Waals surface area contributed by atoms with Gasteiger partial charge in [0.15, 0.2) is 0 Å². The van der Waals surface area contributed by atoms with Crippen LogP contribution in [0.25, 0.3) is 0 Å². The molecule has 5 nitrogen and oxygen atoms in total. The smallest absolute Gasteiger partial charge is 0.128 e. The summed E-state index contributed by atoms with van der Waals surface area (Å²) in [5.41, 5.74) is 1.13. The Kier molecular flexibility index (Phi) is 5.06. The second kappa shape index (κ2) is 7.20. The van der Waals surface area contributed by atoms with Crippen molar-refractivity contribution in [3.05, 3.63) is 23.9 Å². The normalized spacial score (nSPS) is 23.7. The fourth-order valence-corrected chi connectivity index (χ4v) is 3.19. The van der Waals surface area contributed by atoms with Crippen LogP contribution in [0, 0.1) is 0 Å². The molecule has 1 atom stereocenters. The van der Waals surface area contributed by atoms with Crippen LogP contribution in [-0.4, -0.2) is 61.9 Å². The van der Waals surface area contributed by atoms with Gasteiger partial charge in [-0.15, -0.1) is 0 Å². The maximum atomic E-state index is 5.45. The monoisotopic (exact) mass is 290 g/mol. The van der Waals surface area contributed by atoms with Crippen LogP contribution in [0.2, 0.25) is 0 Å². The van der Waals surface area contributed by atoms with Gasteiger partial charge in [0, 0.05) is 38.8 Å². The van der Waals surface area contributed by atoms with Crippen LogP contribution in [-0.2, 0) is 11.3 Å². The van der Waals surface area contributed by atoms with Crippen molar-refractivity contribution in [1.82, 2.24) is 15.2 Å². The molecule has 116 valence electrons. The molecule has 0 spiro atoms. The van der Waals surface area contributed by atoms with E-state index in [0.717, 1.165) is 64.0 Å². The van der Waals surface area contributed by atoms with Crippen LogP contribution in [0.15, 0.2) is 18.2 Å². The first-order chi connectivity index (χ1) is 10.4. The fraction of sp³-hybridized carbons (Fsp3) is 0.688. The van der Waals surface area contributed by atoms with Crippen LogP contribution < -0.4 is 10.2 Å². The molecule has 21 heavy (non-hydrogen) atoms. The fourth-order valence-electron chi connectivity index (χ4n) is 3.19. The third-order valence-corrected chi connectivity index (χ3v) is 4.40. The molecule has 2 saturated heterocycles. The maximum absolute atomic E-state index is 5.45. The van der Waals surface area contributed by atoms with Gasteiger partial charge in [0.25, 0.3) is 0 Å². The average molecular weight is 290 g/mol. The quantitative estimate of drug-likeness (QED) is 0.879. The summed E-state index contributed by atoms with van der Waals surface area (Å²) in [7, 11) is 0. The predicted molar refractivity (Wildman–Crippen MR) is 84.6 cm³/mol. The van der Waals surface area contributed by atoms with Gasteiger partial charge in [-0.05, 0) is 25.1 Å². The lowest BCUT2D eigenvalue weighted by molar-refractivity contribution is 0.0209. The highest BCUT2D eigenvalue weighted by molar-refractivity contribution is 5.41. The van der Waals surface area contributed by atoms with Gasteiger partial charge in [0.2, 0.25) is 0 Å². The highest BCUT2D eigenvalue weighted by Crippen LogP contribution is 2.22. The number of morpholine rings is 1. The van der Waals surface area contributed by atoms with Crippen molar-refractivity contribution >= 4 is 5.82 Å². The first-order valence-electron chi connectivity index (χ1n) is 8.10. The molecule has 2 aliphatic rings. The van der Waals surface area contributed by atoms with E-state index in [9.17, 15) is 0 Å². The molecule has 0 aliphatic carbocycles. The second-order valence-electron chi connectivity index (χ2n) is 5.80. The van der Waals surface area contributed by atoms with Gasteiger partial charge >= 0.3 is 0 Å². The van der Waals surface area contributed by atoms with E-state index in [1.165, 1.54) is 6.42 Å². The number of ether oxygens (including phenoxy) is 1. The number of hydrogen-bond donors (Lipinski definition) is 1. The minimum Gasteiger partial charge on any atom is -0.379 e. The van der Waals surface area contributed by atoms with E-state index in [4.69, 9.17) is 9.72 Å². The molecule has 0 bridgehead atoms. The minimum absolute atomic E-state index is 0.660. The van der Waals surface area contributed by atoms with Crippen molar-refractivity contribution in [2.24, 2.45) is 0 Å². The maximum Gasteiger partial charge on any atom is 0.128 e. The zero-order chi connectivity index (χ0) is 14.5. The zero-order valence-electron chi connectivity index (χ0n) is 12.9. The Morgan fingerprint density at radius 3 is 2.95 bits per heavy atom. The van der Waals surface area contributed by atoms with Crippen LogP contribution in [0.5, 0.6) is 0 Å². The Morgan fingerprint density at radius 1 is 1.29 bits per heavy atom. The van der Waals surface area contributed by atoms with E-state index in [1.54, 1.807) is 0 Å². The Hall–Kier alpha value is -1.17. The highest BCUT2D eigenvalue weighted by atomic mass is 16.5. The van der Waals surface area contributed by atoms with E-state index in [0.29, 0.717) is 6.04 Å². The molecule has 1 N–H and O–H groups in total. The number of rotatable bonds is 5. The first-order valence-corrected chi connectivity index (χ1v) is 8.10. The standard InChI is InChI=1S/C16H26N4O/c1-2-17-12-14-4-3-5-16(18-14)20-7-6-15(13-20)19-8-10-21-11-9-19/h3-5,15,17H,2,6-13H2,1H3. The number of anilines is 1. The molecule has 1 aromatic heterocycles. The van der Waals surface area contributed by atoms with E-state index in [1.807, 2.05) is 0 Å². The van der Waals surface area contributed by atoms with Crippen LogP contribution in [0.3, 0.4) is 0 Å². The zero-order valence-corrected chi connectivity index (χ0v) is 12.9. The summed E-state index contributed by atoms with van der Waals surface area (Å²) in [6.45, 7) is 10.1. The van der Waals surface area contributed by atoms with Crippen molar-refractivity contribution in [1.29, 1.82) is 0 Å². The summed E-state index contributed by atoms with van der Waals surface area (Å²) in [5.74, 6) is 1.13. The molecule has 5 heteroatoms. The average Bonchev–Trinajstić information content (AvgIpc) is 3.04. The number of nitrogens with one attached hydrogen (secondary N) is 1. The number of hydrogen-bond acceptors (Lipinski definition) is 5. The molecule has 0 saturated carbocycles. The lowest BCUT2D eigenvalue weighted by Crippen LogP contribution is -2.44. The van der Waals surface area contributed by atoms with Crippen molar-refractivity contribution in [3.63, 3.8) is 0 Å². The highest BCUT2D eigenvalue weighted by Gasteiger charge is 2.29. The molecule has 2 fully saturated rings. The van der Waals surface area contributed by atoms with Crippen molar-refractivity contribution in [2.75, 3.05) is 50.8 Å². The number of nitrogens with zero attached hydrogens (tertiary/aromatic N) is 3. The number of aromatic nitrogens is 1. The van der Waals surface area contributed by atoms with Gasteiger partial charge in [-0.1, -0.05) is 13.0 Å². The molecule has 2 aliphatic heterocycles. The Labute approximate surface area is 127 Å². The molecule has 1 unspecified atom stereocenters. The minimum atomic E-state index is 0.660. The van der Waals surface area contributed by atoms with Gasteiger partial charge in [0.1, 0.15) is 5.82 Å². The first kappa shape index (κ1) is 14.8. The largest absolute Gasteiger partial charge is 0.379 e. The summed E-state index contributed by atoms with van der Waals surface area (Å²) in [5, 5.41) is 3.34. The van der Waals surface area contributed by atoms with E-state index in [-0.39, 0.29) is 0 Å². The SMILES string of the molecule is CCNCc1cccc(N2CCC(N3CCOCC3)C2)n1. The Bertz CT molecular complexity index is 448. The predicted octanol–water partition coefficient (Wildman–Crippen LogP) is 1.10. The summed E-state index contributed by atoms with van der Waals surface area (Å²) < 4.78 is 5.45. The van der Waals surface area contributed by atoms with Gasteiger partial charge in [-0.3, -0.25) is 4.90 Å². The van der Waals surface area contributed by atoms with Gasteiger partial charge in [-0.2, -0.15) is 0 Å². The van der Waals surface area contributed by atoms with Crippen molar-refractivity contribution in [3.8, 4) is 0 Å². The van der Waals surface area contributed by atoms with Crippen LogP contribution in [0.1, 0.15) is 19.0 Å². The molecular weight excluding hydrogens is 264 g/mol. The second-order valence-corrected chi connectivity index (χ2v) is 5.80. The van der Waals surface area contributed by atoms with Crippen molar-refractivity contribution < 1.29 is 4.74 Å². The van der Waals surface area contributed by atoms with Gasteiger partial charge in [0.05, 0.1) is 18.9 Å². The Balaban J connectivity index is 1.60. The summed E-state index contributed by atoms with van der Waals surface area (Å²) in [6.07, 6.45) is 1.24. The molecule has 3 heterocycles. The molecule has 0 aromatic carbocycles. The third-order valence-electron chi connectivity index (χ3n) is 4.40. The van der Waals surface area contributed by atoms with Gasteiger partial charge in [-0.25, -0.2) is 4.98 Å². The summed E-state index contributed by atoms with van der Waals surface area (Å²) in [4.78, 5) is 9.79. The third kappa shape index (κ3) is 3.73. The topological polar surface area (TPSA) is 40.6 Å². The Morgan fingerprint density at radius 2 is 2.14 bits per heavy atom. The number of pyridine rings is 1. The van der Waals surface area contributed by atoms with Crippen molar-refractivity contribution in [2.45, 2.75) is 25.9 Å². The molecule has 0 amide bonds. The lowest BCUT2D eigenvalue weighted by Gasteiger charge is -2.32. The van der Waals surface area contributed by atoms with E-state index < -0.39 is 0 Å². The van der Waals surface area contributed by atoms with E-state index >= 15 is 0 Å². The lowest BCUT2D eigenvalue weighted by atomic mass is 10.2. The molecule has 0 radical (unpaired) electrons. The molecular formula is C16H26N4O. The van der Waals surface area contributed by atoms with Crippen LogP contribution in [0.4, 0.5) is 5.82 Å². The summed E-state index contributed by atoms with van der Waals surface area (Å²) >= 11 is 0. The van der Waals surface area contributed by atoms with E-state index in [2.05, 4.69) is 40.2 Å². The summed E-state index contributed by atoms with van der Waals surface area (Å²) in [6, 6.07) is 7.02. The molecule has 1 aromatic rings. The van der Waals surface area contributed by atoms with Crippen LogP contribution >= 0.6 is 0 Å².